The summed E-state index contributed by atoms with van der Waals surface area (Å²) in [6, 6.07) is 6.56. The van der Waals surface area contributed by atoms with Gasteiger partial charge in [0.05, 0.1) is 31.4 Å². The highest BCUT2D eigenvalue weighted by Gasteiger charge is 2.49. The third-order valence-corrected chi connectivity index (χ3v) is 7.98. The molecule has 3 aliphatic rings. The van der Waals surface area contributed by atoms with E-state index < -0.39 is 0 Å². The zero-order chi connectivity index (χ0) is 20.6. The number of hydrogen-bond donors (Lipinski definition) is 3. The molecule has 2 heterocycles. The van der Waals surface area contributed by atoms with Crippen LogP contribution < -0.4 is 40.3 Å². The number of amides is 3. The van der Waals surface area contributed by atoms with Crippen LogP contribution in [0, 0.1) is 17.8 Å². The number of hydrogen-bond acceptors (Lipinski definition) is 3. The van der Waals surface area contributed by atoms with Gasteiger partial charge in [0.15, 0.2) is 0 Å². The highest BCUT2D eigenvalue weighted by Crippen LogP contribution is 2.50. The number of nitrogens with one attached hydrogen (secondary N) is 2. The van der Waals surface area contributed by atoms with Crippen LogP contribution in [0.15, 0.2) is 35.4 Å². The minimum atomic E-state index is -0.389. The Morgan fingerprint density at radius 1 is 1.23 bits per heavy atom. The predicted octanol–water partition coefficient (Wildman–Crippen LogP) is 0.748. The Morgan fingerprint density at radius 3 is 2.53 bits per heavy atom. The summed E-state index contributed by atoms with van der Waals surface area (Å²) >= 11 is 7.47. The Bertz CT molecular complexity index is 833. The fraction of sp³-hybridized carbons (Fsp3) is 0.524. The van der Waals surface area contributed by atoms with E-state index >= 15 is 0 Å². The van der Waals surface area contributed by atoms with Crippen molar-refractivity contribution in [2.45, 2.75) is 31.1 Å². The summed E-state index contributed by atoms with van der Waals surface area (Å²) in [5.74, 6) is 0.175. The number of carbonyl (C=O) groups excluding carboxylic acids is 2. The second-order valence-corrected chi connectivity index (χ2v) is 10.3. The first-order valence-electron chi connectivity index (χ1n) is 10.2. The van der Waals surface area contributed by atoms with E-state index in [2.05, 4.69) is 23.9 Å². The van der Waals surface area contributed by atoms with Gasteiger partial charge in [-0.1, -0.05) is 29.8 Å². The molecule has 2 fully saturated rings. The molecule has 4 rings (SSSR count). The summed E-state index contributed by atoms with van der Waals surface area (Å²) < 4.78 is 0.915. The first-order valence-corrected chi connectivity index (χ1v) is 11.4. The number of carbonyl (C=O) groups is 2. The molecule has 0 bridgehead atoms. The Hall–Kier alpha value is -0.970. The van der Waals surface area contributed by atoms with Crippen molar-refractivity contribution in [3.05, 3.63) is 40.4 Å². The van der Waals surface area contributed by atoms with Crippen LogP contribution in [-0.2, 0) is 4.79 Å². The maximum Gasteiger partial charge on any atom is 0.320 e. The van der Waals surface area contributed by atoms with Crippen LogP contribution in [0.3, 0.4) is 0 Å². The van der Waals surface area contributed by atoms with E-state index in [1.165, 1.54) is 24.2 Å². The molecular formula is C21H28ClIN4O2S. The predicted molar refractivity (Wildman–Crippen MR) is 117 cm³/mol. The van der Waals surface area contributed by atoms with Crippen molar-refractivity contribution >= 4 is 41.0 Å². The fourth-order valence-electron chi connectivity index (χ4n) is 4.65. The summed E-state index contributed by atoms with van der Waals surface area (Å²) in [6.45, 7) is 2.17. The van der Waals surface area contributed by atoms with Gasteiger partial charge in [-0.05, 0) is 37.1 Å². The third kappa shape index (κ3) is 5.26. The van der Waals surface area contributed by atoms with E-state index in [1.54, 1.807) is 36.0 Å². The first-order chi connectivity index (χ1) is 13.8. The lowest BCUT2D eigenvalue weighted by Crippen LogP contribution is -3.00. The van der Waals surface area contributed by atoms with Crippen LogP contribution in [0.5, 0.6) is 0 Å². The van der Waals surface area contributed by atoms with E-state index in [4.69, 9.17) is 17.3 Å². The number of anilines is 1. The van der Waals surface area contributed by atoms with Gasteiger partial charge < -0.3 is 40.3 Å². The molecule has 0 spiro atoms. The molecule has 4 atom stereocenters. The highest BCUT2D eigenvalue weighted by atomic mass is 127. The van der Waals surface area contributed by atoms with Gasteiger partial charge in [0.1, 0.15) is 6.20 Å². The largest absolute Gasteiger partial charge is 1.00 e. The second kappa shape index (κ2) is 9.67. The number of primary amides is 1. The molecule has 2 aliphatic heterocycles. The number of allylic oxidation sites excluding steroid dienone is 1. The number of urea groups is 1. The van der Waals surface area contributed by atoms with Crippen LogP contribution in [0.2, 0.25) is 5.02 Å². The monoisotopic (exact) mass is 562 g/mol. The number of rotatable bonds is 5. The molecule has 1 aromatic carbocycles. The summed E-state index contributed by atoms with van der Waals surface area (Å²) in [4.78, 5) is 25.9. The minimum Gasteiger partial charge on any atom is -1.00 e. The summed E-state index contributed by atoms with van der Waals surface area (Å²) in [7, 11) is 2.27. The number of nitrogens with zero attached hydrogens (tertiary/aromatic N) is 1. The SMILES string of the molecule is C[N+]1(CC2CCC2)C=C2SC(NC(=O)Nc3ccc(Cl)cc3)C(C(N)=O)C2CC1.[I-]. The van der Waals surface area contributed by atoms with Crippen molar-refractivity contribution in [1.82, 2.24) is 5.32 Å². The fourth-order valence-corrected chi connectivity index (χ4v) is 6.46. The maximum atomic E-state index is 12.5. The smallest absolute Gasteiger partial charge is 0.320 e. The molecule has 0 radical (unpaired) electrons. The van der Waals surface area contributed by atoms with Crippen molar-refractivity contribution in [1.29, 1.82) is 0 Å². The lowest BCUT2D eigenvalue weighted by Gasteiger charge is -2.41. The van der Waals surface area contributed by atoms with Crippen molar-refractivity contribution < 1.29 is 38.0 Å². The van der Waals surface area contributed by atoms with Crippen LogP contribution in [0.1, 0.15) is 25.7 Å². The minimum absolute atomic E-state index is 0. The summed E-state index contributed by atoms with van der Waals surface area (Å²) in [5.41, 5.74) is 6.39. The van der Waals surface area contributed by atoms with Crippen LogP contribution in [0.4, 0.5) is 10.5 Å². The molecule has 6 nitrogen and oxygen atoms in total. The van der Waals surface area contributed by atoms with E-state index in [1.807, 2.05) is 0 Å². The molecule has 164 valence electrons. The first kappa shape index (κ1) is 23.7. The molecule has 1 aromatic rings. The van der Waals surface area contributed by atoms with E-state index in [0.29, 0.717) is 10.7 Å². The number of thioether (sulfide) groups is 1. The molecule has 1 saturated carbocycles. The highest BCUT2D eigenvalue weighted by molar-refractivity contribution is 8.04. The molecular weight excluding hydrogens is 535 g/mol. The molecule has 0 aromatic heterocycles. The Morgan fingerprint density at radius 2 is 1.93 bits per heavy atom. The third-order valence-electron chi connectivity index (χ3n) is 6.38. The number of benzene rings is 1. The standard InChI is InChI=1S/C21H27ClN4O2S.HI/c1-26(11-13-3-2-4-13)10-9-16-17(12-26)29-20(18(16)19(23)27)25-21(28)24-15-7-5-14(22)6-8-15;/h5-8,12-13,16,18,20H,2-4,9-11H2,1H3,(H3-,23,24,25,27,28);1H. The molecule has 1 aliphatic carbocycles. The number of halogens is 2. The number of fused-ring (bicyclic) bond motifs is 1. The quantitative estimate of drug-likeness (QED) is 0.366. The van der Waals surface area contributed by atoms with Crippen LogP contribution in [-0.4, -0.2) is 41.9 Å². The van der Waals surface area contributed by atoms with E-state index in [9.17, 15) is 9.59 Å². The maximum absolute atomic E-state index is 12.5. The molecule has 4 unspecified atom stereocenters. The lowest BCUT2D eigenvalue weighted by atomic mass is 9.82. The Kier molecular flexibility index (Phi) is 7.63. The molecule has 4 N–H and O–H groups in total. The average Bonchev–Trinajstić information content (AvgIpc) is 2.97. The van der Waals surface area contributed by atoms with Crippen molar-refractivity contribution in [2.24, 2.45) is 23.5 Å². The van der Waals surface area contributed by atoms with Crippen molar-refractivity contribution in [2.75, 3.05) is 25.5 Å². The van der Waals surface area contributed by atoms with Crippen molar-refractivity contribution in [3.63, 3.8) is 0 Å². The van der Waals surface area contributed by atoms with Gasteiger partial charge in [0.25, 0.3) is 0 Å². The molecule has 9 heteroatoms. The number of nitrogens with two attached hydrogens (primary N) is 1. The lowest BCUT2D eigenvalue weighted by molar-refractivity contribution is -0.867. The second-order valence-electron chi connectivity index (χ2n) is 8.68. The van der Waals surface area contributed by atoms with Gasteiger partial charge >= 0.3 is 6.03 Å². The van der Waals surface area contributed by atoms with Gasteiger partial charge in [-0.25, -0.2) is 4.79 Å². The summed E-state index contributed by atoms with van der Waals surface area (Å²) in [5, 5.41) is 6.00. The molecule has 30 heavy (non-hydrogen) atoms. The van der Waals surface area contributed by atoms with Gasteiger partial charge in [-0.3, -0.25) is 9.28 Å². The molecule has 1 saturated heterocycles. The Labute approximate surface area is 204 Å². The zero-order valence-corrected chi connectivity index (χ0v) is 20.7. The van der Waals surface area contributed by atoms with Crippen LogP contribution in [0.25, 0.3) is 0 Å². The zero-order valence-electron chi connectivity index (χ0n) is 16.9. The van der Waals surface area contributed by atoms with Crippen LogP contribution >= 0.6 is 23.4 Å². The van der Waals surface area contributed by atoms with Crippen molar-refractivity contribution in [3.8, 4) is 0 Å². The van der Waals surface area contributed by atoms with E-state index in [-0.39, 0.29) is 53.1 Å². The topological polar surface area (TPSA) is 84.2 Å². The van der Waals surface area contributed by atoms with E-state index in [0.717, 1.165) is 29.9 Å². The number of quaternary nitrogens is 1. The normalized spacial score (nSPS) is 30.3. The average molecular weight is 563 g/mol. The van der Waals surface area contributed by atoms with Gasteiger partial charge in [-0.15, -0.1) is 0 Å². The summed E-state index contributed by atoms with van der Waals surface area (Å²) in [6.07, 6.45) is 7.23. The van der Waals surface area contributed by atoms with Gasteiger partial charge in [0, 0.05) is 33.9 Å². The van der Waals surface area contributed by atoms with Gasteiger partial charge in [0.2, 0.25) is 5.91 Å². The Balaban J connectivity index is 0.00000256. The molecule has 3 amide bonds. The van der Waals surface area contributed by atoms with Gasteiger partial charge in [-0.2, -0.15) is 0 Å².